The summed E-state index contributed by atoms with van der Waals surface area (Å²) in [7, 11) is 0. The highest BCUT2D eigenvalue weighted by Gasteiger charge is 1.75. The summed E-state index contributed by atoms with van der Waals surface area (Å²) < 4.78 is 0. The minimum absolute atomic E-state index is 0. The van der Waals surface area contributed by atoms with E-state index in [0.717, 1.165) is 6.54 Å². The number of hydrogen-bond donors (Lipinski definition) is 1. The largest absolute Gasteiger partial charge is 0.330 e. The van der Waals surface area contributed by atoms with Crippen LogP contribution in [0.1, 0.15) is 31.7 Å². The summed E-state index contributed by atoms with van der Waals surface area (Å²) in [4.78, 5) is 0. The Morgan fingerprint density at radius 2 is 1.64 bits per heavy atom. The Morgan fingerprint density at radius 3 is 1.86 bits per heavy atom. The van der Waals surface area contributed by atoms with Gasteiger partial charge < -0.3 is 5.73 Å². The molecule has 2 N–H and O–H groups in total. The summed E-state index contributed by atoms with van der Waals surface area (Å²) in [6.07, 6.45) is 3.75. The molecule has 1 rings (SSSR count). The van der Waals surface area contributed by atoms with Crippen LogP contribution in [0.3, 0.4) is 0 Å². The van der Waals surface area contributed by atoms with Crippen LogP contribution in [0.15, 0.2) is 30.3 Å². The number of hydrogen-bond acceptors (Lipinski definition) is 1. The average Bonchev–Trinajstić information content (AvgIpc) is 2.17. The quantitative estimate of drug-likeness (QED) is 0.766. The number of unbranched alkanes of at least 4 members (excludes halogenated alkanes) is 2. The standard InChI is InChI=1S/C7H8.C5H13N.H2S/c1-7-5-3-2-4-6-7;1-2-3-4-5-6;/h2-6H,1H3;2-6H2,1H3;1H2. The van der Waals surface area contributed by atoms with Gasteiger partial charge >= 0.3 is 0 Å². The van der Waals surface area contributed by atoms with Gasteiger partial charge in [0, 0.05) is 0 Å². The molecule has 2 heteroatoms. The van der Waals surface area contributed by atoms with Gasteiger partial charge in [0.15, 0.2) is 0 Å². The topological polar surface area (TPSA) is 26.0 Å². The van der Waals surface area contributed by atoms with Crippen molar-refractivity contribution in [1.82, 2.24) is 0 Å². The molecule has 0 amide bonds. The van der Waals surface area contributed by atoms with Gasteiger partial charge in [-0.25, -0.2) is 0 Å². The molecule has 0 aliphatic rings. The highest BCUT2D eigenvalue weighted by molar-refractivity contribution is 7.59. The van der Waals surface area contributed by atoms with Gasteiger partial charge in [0.1, 0.15) is 0 Å². The molecule has 0 heterocycles. The molecule has 0 radical (unpaired) electrons. The van der Waals surface area contributed by atoms with Crippen LogP contribution in [-0.2, 0) is 0 Å². The van der Waals surface area contributed by atoms with E-state index in [1.54, 1.807) is 0 Å². The molecule has 0 spiro atoms. The lowest BCUT2D eigenvalue weighted by atomic mass is 10.2. The Hall–Kier alpha value is -0.470. The van der Waals surface area contributed by atoms with Crippen LogP contribution >= 0.6 is 13.5 Å². The summed E-state index contributed by atoms with van der Waals surface area (Å²) in [5.74, 6) is 0. The molecule has 0 saturated heterocycles. The third kappa shape index (κ3) is 11.5. The van der Waals surface area contributed by atoms with Gasteiger partial charge in [-0.05, 0) is 19.9 Å². The molecular formula is C12H23NS. The van der Waals surface area contributed by atoms with Gasteiger partial charge in [-0.3, -0.25) is 0 Å². The van der Waals surface area contributed by atoms with Crippen molar-refractivity contribution in [3.63, 3.8) is 0 Å². The molecular weight excluding hydrogens is 190 g/mol. The zero-order valence-electron chi connectivity index (χ0n) is 9.29. The third-order valence-electron chi connectivity index (χ3n) is 1.75. The second kappa shape index (κ2) is 12.5. The molecule has 1 aromatic rings. The molecule has 1 aromatic carbocycles. The maximum Gasteiger partial charge on any atom is -0.00773 e. The Morgan fingerprint density at radius 1 is 1.07 bits per heavy atom. The van der Waals surface area contributed by atoms with Crippen molar-refractivity contribution in [2.24, 2.45) is 5.73 Å². The molecule has 1 nitrogen and oxygen atoms in total. The minimum Gasteiger partial charge on any atom is -0.330 e. The number of rotatable bonds is 3. The predicted molar refractivity (Wildman–Crippen MR) is 70.1 cm³/mol. The zero-order chi connectivity index (χ0) is 9.94. The summed E-state index contributed by atoms with van der Waals surface area (Å²) >= 11 is 0. The van der Waals surface area contributed by atoms with Gasteiger partial charge in [-0.15, -0.1) is 0 Å². The molecule has 0 bridgehead atoms. The minimum atomic E-state index is 0. The molecule has 0 saturated carbocycles. The maximum atomic E-state index is 5.21. The lowest BCUT2D eigenvalue weighted by Crippen LogP contribution is -1.96. The van der Waals surface area contributed by atoms with Gasteiger partial charge in [0.25, 0.3) is 0 Å². The first kappa shape index (κ1) is 16.0. The maximum absolute atomic E-state index is 5.21. The van der Waals surface area contributed by atoms with Gasteiger partial charge in [0.2, 0.25) is 0 Å². The van der Waals surface area contributed by atoms with E-state index in [9.17, 15) is 0 Å². The Bertz CT molecular complexity index is 183. The van der Waals surface area contributed by atoms with Crippen LogP contribution in [0.25, 0.3) is 0 Å². The number of nitrogens with two attached hydrogens (primary N) is 1. The van der Waals surface area contributed by atoms with Crippen molar-refractivity contribution in [1.29, 1.82) is 0 Å². The number of aryl methyl sites for hydroxylation is 1. The molecule has 0 atom stereocenters. The SMILES string of the molecule is CCCCCN.Cc1ccccc1.S. The van der Waals surface area contributed by atoms with E-state index in [1.165, 1.54) is 24.8 Å². The zero-order valence-corrected chi connectivity index (χ0v) is 10.3. The Kier molecular flexibility index (Phi) is 14.3. The monoisotopic (exact) mass is 213 g/mol. The average molecular weight is 213 g/mol. The molecule has 14 heavy (non-hydrogen) atoms. The van der Waals surface area contributed by atoms with Crippen LogP contribution in [-0.4, -0.2) is 6.54 Å². The smallest absolute Gasteiger partial charge is 0.00773 e. The van der Waals surface area contributed by atoms with Crippen LogP contribution < -0.4 is 5.73 Å². The van der Waals surface area contributed by atoms with Crippen molar-refractivity contribution in [3.8, 4) is 0 Å². The van der Waals surface area contributed by atoms with E-state index < -0.39 is 0 Å². The molecule has 0 aliphatic carbocycles. The van der Waals surface area contributed by atoms with Crippen LogP contribution in [0.2, 0.25) is 0 Å². The van der Waals surface area contributed by atoms with Crippen LogP contribution in [0.4, 0.5) is 0 Å². The second-order valence-corrected chi connectivity index (χ2v) is 3.15. The van der Waals surface area contributed by atoms with Gasteiger partial charge in [-0.2, -0.15) is 13.5 Å². The van der Waals surface area contributed by atoms with E-state index in [1.807, 2.05) is 18.2 Å². The second-order valence-electron chi connectivity index (χ2n) is 3.15. The van der Waals surface area contributed by atoms with Gasteiger partial charge in [0.05, 0.1) is 0 Å². The van der Waals surface area contributed by atoms with Crippen molar-refractivity contribution in [2.75, 3.05) is 6.54 Å². The fourth-order valence-electron chi connectivity index (χ4n) is 0.929. The lowest BCUT2D eigenvalue weighted by Gasteiger charge is -1.86. The van der Waals surface area contributed by atoms with Crippen LogP contribution in [0.5, 0.6) is 0 Å². The van der Waals surface area contributed by atoms with E-state index in [0.29, 0.717) is 0 Å². The van der Waals surface area contributed by atoms with Crippen molar-refractivity contribution < 1.29 is 0 Å². The fraction of sp³-hybridized carbons (Fsp3) is 0.500. The molecule has 0 fully saturated rings. The normalized spacial score (nSPS) is 8.21. The first-order valence-electron chi connectivity index (χ1n) is 5.03. The summed E-state index contributed by atoms with van der Waals surface area (Å²) in [5, 5.41) is 0. The Balaban J connectivity index is 0. The first-order valence-corrected chi connectivity index (χ1v) is 5.03. The van der Waals surface area contributed by atoms with Crippen LogP contribution in [0, 0.1) is 6.92 Å². The third-order valence-corrected chi connectivity index (χ3v) is 1.75. The molecule has 0 aliphatic heterocycles. The van der Waals surface area contributed by atoms with Crippen molar-refractivity contribution in [2.45, 2.75) is 33.1 Å². The molecule has 82 valence electrons. The molecule has 0 aromatic heterocycles. The van der Waals surface area contributed by atoms with E-state index in [-0.39, 0.29) is 13.5 Å². The highest BCUT2D eigenvalue weighted by Crippen LogP contribution is 1.92. The molecule has 0 unspecified atom stereocenters. The van der Waals surface area contributed by atoms with Crippen molar-refractivity contribution >= 4 is 13.5 Å². The van der Waals surface area contributed by atoms with E-state index in [4.69, 9.17) is 5.73 Å². The fourth-order valence-corrected chi connectivity index (χ4v) is 0.929. The highest BCUT2D eigenvalue weighted by atomic mass is 32.1. The lowest BCUT2D eigenvalue weighted by molar-refractivity contribution is 0.727. The number of benzene rings is 1. The first-order chi connectivity index (χ1) is 6.31. The summed E-state index contributed by atoms with van der Waals surface area (Å²) in [6, 6.07) is 10.3. The Labute approximate surface area is 95.2 Å². The van der Waals surface area contributed by atoms with Gasteiger partial charge in [-0.1, -0.05) is 55.7 Å². The van der Waals surface area contributed by atoms with E-state index >= 15 is 0 Å². The summed E-state index contributed by atoms with van der Waals surface area (Å²) in [5.41, 5.74) is 6.54. The summed E-state index contributed by atoms with van der Waals surface area (Å²) in [6.45, 7) is 5.11. The van der Waals surface area contributed by atoms with E-state index in [2.05, 4.69) is 26.0 Å². The predicted octanol–water partition coefficient (Wildman–Crippen LogP) is 3.24. The van der Waals surface area contributed by atoms with Crippen molar-refractivity contribution in [3.05, 3.63) is 35.9 Å².